The molecule has 0 fully saturated rings. The van der Waals surface area contributed by atoms with Crippen LogP contribution in [-0.4, -0.2) is 30.1 Å². The van der Waals surface area contributed by atoms with Gasteiger partial charge in [-0.2, -0.15) is 11.8 Å². The quantitative estimate of drug-likeness (QED) is 0.728. The zero-order chi connectivity index (χ0) is 14.1. The molecule has 0 aliphatic carbocycles. The number of hydrogen-bond acceptors (Lipinski definition) is 3. The minimum absolute atomic E-state index is 0.269. The maximum Gasteiger partial charge on any atom is 0.0446 e. The van der Waals surface area contributed by atoms with Gasteiger partial charge >= 0.3 is 0 Å². The van der Waals surface area contributed by atoms with Crippen molar-refractivity contribution in [2.75, 3.05) is 18.9 Å². The largest absolute Gasteiger partial charge is 0.396 e. The van der Waals surface area contributed by atoms with Gasteiger partial charge in [0.1, 0.15) is 0 Å². The van der Waals surface area contributed by atoms with Crippen molar-refractivity contribution in [3.8, 4) is 0 Å². The first kappa shape index (κ1) is 16.5. The number of aryl methyl sites for hydroxylation is 2. The predicted octanol–water partition coefficient (Wildman–Crippen LogP) is 3.29. The number of hydrogen-bond donors (Lipinski definition) is 2. The lowest BCUT2D eigenvalue weighted by Gasteiger charge is -2.17. The predicted molar refractivity (Wildman–Crippen MR) is 85.9 cm³/mol. The molecule has 0 saturated carbocycles. The molecule has 0 bridgehead atoms. The zero-order valence-electron chi connectivity index (χ0n) is 12.4. The van der Waals surface area contributed by atoms with E-state index < -0.39 is 0 Å². The van der Waals surface area contributed by atoms with E-state index in [2.05, 4.69) is 44.3 Å². The van der Waals surface area contributed by atoms with Crippen molar-refractivity contribution < 1.29 is 5.11 Å². The third-order valence-electron chi connectivity index (χ3n) is 3.03. The van der Waals surface area contributed by atoms with Gasteiger partial charge in [-0.1, -0.05) is 36.2 Å². The maximum absolute atomic E-state index is 9.08. The Labute approximate surface area is 122 Å². The smallest absolute Gasteiger partial charge is 0.0446 e. The summed E-state index contributed by atoms with van der Waals surface area (Å²) in [6.07, 6.45) is 1.99. The third-order valence-corrected chi connectivity index (χ3v) is 4.21. The second-order valence-corrected chi connectivity index (χ2v) is 6.20. The van der Waals surface area contributed by atoms with Gasteiger partial charge in [-0.3, -0.25) is 0 Å². The van der Waals surface area contributed by atoms with Crippen LogP contribution in [0.3, 0.4) is 0 Å². The van der Waals surface area contributed by atoms with Gasteiger partial charge in [0, 0.05) is 24.2 Å². The molecule has 19 heavy (non-hydrogen) atoms. The maximum atomic E-state index is 9.08. The minimum Gasteiger partial charge on any atom is -0.396 e. The first-order valence-electron chi connectivity index (χ1n) is 7.15. The van der Waals surface area contributed by atoms with Gasteiger partial charge in [-0.15, -0.1) is 0 Å². The summed E-state index contributed by atoms with van der Waals surface area (Å²) in [7, 11) is 0. The Morgan fingerprint density at radius 3 is 2.47 bits per heavy atom. The summed E-state index contributed by atoms with van der Waals surface area (Å²) in [6.45, 7) is 7.78. The fourth-order valence-corrected chi connectivity index (χ4v) is 3.31. The number of benzene rings is 1. The van der Waals surface area contributed by atoms with Gasteiger partial charge in [0.15, 0.2) is 0 Å². The molecule has 0 aliphatic heterocycles. The van der Waals surface area contributed by atoms with Crippen molar-refractivity contribution >= 4 is 11.8 Å². The summed E-state index contributed by atoms with van der Waals surface area (Å²) < 4.78 is 0. The molecule has 1 rings (SSSR count). The van der Waals surface area contributed by atoms with E-state index >= 15 is 0 Å². The molecule has 1 aromatic carbocycles. The van der Waals surface area contributed by atoms with Gasteiger partial charge in [0.25, 0.3) is 0 Å². The van der Waals surface area contributed by atoms with Crippen LogP contribution in [0.1, 0.15) is 36.5 Å². The zero-order valence-corrected chi connectivity index (χ0v) is 13.2. The van der Waals surface area contributed by atoms with E-state index in [-0.39, 0.29) is 6.61 Å². The first-order valence-corrected chi connectivity index (χ1v) is 8.30. The number of aliphatic hydroxyl groups excluding tert-OH is 1. The lowest BCUT2D eigenvalue weighted by Crippen LogP contribution is -2.32. The summed E-state index contributed by atoms with van der Waals surface area (Å²) in [5.74, 6) is 2.12. The average Bonchev–Trinajstić information content (AvgIpc) is 2.34. The second-order valence-electron chi connectivity index (χ2n) is 5.17. The molecule has 2 N–H and O–H groups in total. The number of thioether (sulfide) groups is 1. The molecule has 1 aromatic rings. The van der Waals surface area contributed by atoms with E-state index in [1.165, 1.54) is 16.7 Å². The summed E-state index contributed by atoms with van der Waals surface area (Å²) >= 11 is 1.95. The first-order chi connectivity index (χ1) is 9.15. The number of nitrogens with one attached hydrogen (secondary N) is 1. The highest BCUT2D eigenvalue weighted by Crippen LogP contribution is 2.17. The van der Waals surface area contributed by atoms with E-state index in [0.29, 0.717) is 6.04 Å². The third kappa shape index (κ3) is 7.00. The summed E-state index contributed by atoms with van der Waals surface area (Å²) in [5.41, 5.74) is 4.08. The molecular formula is C16H27NOS. The summed E-state index contributed by atoms with van der Waals surface area (Å²) in [5, 5.41) is 12.6. The highest BCUT2D eigenvalue weighted by molar-refractivity contribution is 7.98. The normalized spacial score (nSPS) is 12.6. The molecule has 0 aliphatic rings. The lowest BCUT2D eigenvalue weighted by atomic mass is 10.1. The van der Waals surface area contributed by atoms with Crippen molar-refractivity contribution in [2.45, 2.75) is 45.4 Å². The van der Waals surface area contributed by atoms with E-state index in [9.17, 15) is 0 Å². The Hall–Kier alpha value is -0.510. The van der Waals surface area contributed by atoms with Crippen LogP contribution in [-0.2, 0) is 5.75 Å². The fourth-order valence-electron chi connectivity index (χ4n) is 2.22. The van der Waals surface area contributed by atoms with Gasteiger partial charge in [0.05, 0.1) is 0 Å². The van der Waals surface area contributed by atoms with Crippen molar-refractivity contribution in [1.82, 2.24) is 5.32 Å². The van der Waals surface area contributed by atoms with Crippen LogP contribution in [0.15, 0.2) is 18.2 Å². The molecule has 0 aromatic heterocycles. The molecule has 0 saturated heterocycles. The van der Waals surface area contributed by atoms with Gasteiger partial charge in [-0.25, -0.2) is 0 Å². The van der Waals surface area contributed by atoms with Crippen LogP contribution in [0.25, 0.3) is 0 Å². The van der Waals surface area contributed by atoms with E-state index in [0.717, 1.165) is 30.9 Å². The number of aliphatic hydroxyl groups is 1. The van der Waals surface area contributed by atoms with E-state index in [4.69, 9.17) is 5.11 Å². The lowest BCUT2D eigenvalue weighted by molar-refractivity contribution is 0.270. The second kappa shape index (κ2) is 9.40. The standard InChI is InChI=1S/C16H27NOS/c1-4-6-17-16(5-7-18)12-19-11-15-9-13(2)8-14(3)10-15/h8-10,16-18H,4-7,11-12H2,1-3H3. The Bertz CT molecular complexity index is 348. The molecule has 2 nitrogen and oxygen atoms in total. The van der Waals surface area contributed by atoms with Crippen LogP contribution in [0.4, 0.5) is 0 Å². The Morgan fingerprint density at radius 1 is 1.21 bits per heavy atom. The SMILES string of the molecule is CCCNC(CCO)CSCc1cc(C)cc(C)c1. The van der Waals surface area contributed by atoms with Crippen LogP contribution >= 0.6 is 11.8 Å². The van der Waals surface area contributed by atoms with Crippen molar-refractivity contribution in [3.05, 3.63) is 34.9 Å². The van der Waals surface area contributed by atoms with Gasteiger partial charge < -0.3 is 10.4 Å². The van der Waals surface area contributed by atoms with Gasteiger partial charge in [0.2, 0.25) is 0 Å². The average molecular weight is 281 g/mol. The van der Waals surface area contributed by atoms with Gasteiger partial charge in [-0.05, 0) is 38.8 Å². The molecule has 3 heteroatoms. The van der Waals surface area contributed by atoms with Crippen LogP contribution in [0.2, 0.25) is 0 Å². The topological polar surface area (TPSA) is 32.3 Å². The monoisotopic (exact) mass is 281 g/mol. The van der Waals surface area contributed by atoms with Crippen LogP contribution < -0.4 is 5.32 Å². The van der Waals surface area contributed by atoms with Crippen molar-refractivity contribution in [1.29, 1.82) is 0 Å². The molecule has 0 radical (unpaired) electrons. The highest BCUT2D eigenvalue weighted by Gasteiger charge is 2.07. The molecular weight excluding hydrogens is 254 g/mol. The number of rotatable bonds is 9. The van der Waals surface area contributed by atoms with E-state index in [1.807, 2.05) is 11.8 Å². The Kier molecular flexibility index (Phi) is 8.19. The summed E-state index contributed by atoms with van der Waals surface area (Å²) in [6, 6.07) is 7.17. The Morgan fingerprint density at radius 2 is 1.89 bits per heavy atom. The Balaban J connectivity index is 2.37. The van der Waals surface area contributed by atoms with Crippen LogP contribution in [0, 0.1) is 13.8 Å². The molecule has 0 amide bonds. The molecule has 0 spiro atoms. The van der Waals surface area contributed by atoms with Crippen molar-refractivity contribution in [2.24, 2.45) is 0 Å². The van der Waals surface area contributed by atoms with Crippen LogP contribution in [0.5, 0.6) is 0 Å². The molecule has 0 heterocycles. The minimum atomic E-state index is 0.269. The van der Waals surface area contributed by atoms with Crippen molar-refractivity contribution in [3.63, 3.8) is 0 Å². The fraction of sp³-hybridized carbons (Fsp3) is 0.625. The van der Waals surface area contributed by atoms with E-state index in [1.54, 1.807) is 0 Å². The molecule has 1 unspecified atom stereocenters. The summed E-state index contributed by atoms with van der Waals surface area (Å²) in [4.78, 5) is 0. The molecule has 1 atom stereocenters. The highest BCUT2D eigenvalue weighted by atomic mass is 32.2. The molecule has 108 valence electrons.